The number of benzene rings is 3. The minimum Gasteiger partial charge on any atom is -0.483 e. The molecule has 198 valence electrons. The van der Waals surface area contributed by atoms with Crippen LogP contribution < -0.4 is 10.1 Å². The van der Waals surface area contributed by atoms with Gasteiger partial charge in [-0.05, 0) is 17.7 Å². The van der Waals surface area contributed by atoms with Gasteiger partial charge in [0, 0.05) is 23.9 Å². The third-order valence-electron chi connectivity index (χ3n) is 5.17. The molecule has 3 aromatic carbocycles. The number of nitrogens with zero attached hydrogens (tertiary/aromatic N) is 2. The van der Waals surface area contributed by atoms with Crippen molar-refractivity contribution in [2.75, 3.05) is 5.32 Å². The first-order valence-electron chi connectivity index (χ1n) is 10.4. The van der Waals surface area contributed by atoms with E-state index in [-0.39, 0.29) is 23.0 Å². The van der Waals surface area contributed by atoms with E-state index in [0.717, 1.165) is 10.9 Å². The number of nitrogens with one attached hydrogen (secondary N) is 1. The molecule has 0 atom stereocenters. The van der Waals surface area contributed by atoms with Gasteiger partial charge in [0.25, 0.3) is 5.91 Å². The maximum absolute atomic E-state index is 13.9. The number of aromatic nitrogens is 2. The monoisotopic (exact) mass is 545 g/mol. The van der Waals surface area contributed by atoms with Crippen LogP contribution >= 0.6 is 0 Å². The van der Waals surface area contributed by atoms with Gasteiger partial charge in [0.1, 0.15) is 6.61 Å². The molecule has 1 amide bonds. The number of hydrogen-bond donors (Lipinski definition) is 1. The smallest absolute Gasteiger partial charge is 0.256 e. The van der Waals surface area contributed by atoms with Crippen LogP contribution in [0.5, 0.6) is 5.75 Å². The third kappa shape index (κ3) is 5.14. The normalized spacial score (nSPS) is 11.1. The molecule has 14 heteroatoms. The van der Waals surface area contributed by atoms with E-state index < -0.39 is 82.7 Å². The minimum atomic E-state index is -2.29. The minimum absolute atomic E-state index is 0.0347. The highest BCUT2D eigenvalue weighted by Gasteiger charge is 2.26. The Morgan fingerprint density at radius 3 is 1.89 bits per heavy atom. The van der Waals surface area contributed by atoms with Crippen molar-refractivity contribution in [2.45, 2.75) is 13.2 Å². The number of ether oxygens (including phenoxy) is 1. The molecule has 38 heavy (non-hydrogen) atoms. The fourth-order valence-corrected chi connectivity index (χ4v) is 3.24. The molecule has 0 saturated carbocycles. The van der Waals surface area contributed by atoms with E-state index >= 15 is 0 Å². The molecule has 0 unspecified atom stereocenters. The zero-order valence-electron chi connectivity index (χ0n) is 18.6. The average Bonchev–Trinajstić information content (AvgIpc) is 3.34. The molecule has 1 N–H and O–H groups in total. The summed E-state index contributed by atoms with van der Waals surface area (Å²) in [6, 6.07) is 6.43. The number of rotatable bonds is 7. The Bertz CT molecular complexity index is 1480. The molecule has 0 bridgehead atoms. The van der Waals surface area contributed by atoms with Crippen molar-refractivity contribution < 1.29 is 49.0 Å². The van der Waals surface area contributed by atoms with Gasteiger partial charge in [0.05, 0.1) is 12.1 Å². The summed E-state index contributed by atoms with van der Waals surface area (Å²) in [4.78, 5) is 12.4. The van der Waals surface area contributed by atoms with Gasteiger partial charge in [-0.3, -0.25) is 9.48 Å². The summed E-state index contributed by atoms with van der Waals surface area (Å²) in [5.41, 5.74) is -0.796. The van der Waals surface area contributed by atoms with Crippen LogP contribution in [-0.4, -0.2) is 15.7 Å². The number of amides is 1. The van der Waals surface area contributed by atoms with Crippen molar-refractivity contribution in [1.82, 2.24) is 9.78 Å². The van der Waals surface area contributed by atoms with E-state index in [9.17, 15) is 44.3 Å². The van der Waals surface area contributed by atoms with Gasteiger partial charge in [-0.2, -0.15) is 13.9 Å². The molecule has 4 rings (SSSR count). The van der Waals surface area contributed by atoms with Crippen LogP contribution in [0.25, 0.3) is 0 Å². The average molecular weight is 545 g/mol. The summed E-state index contributed by atoms with van der Waals surface area (Å²) < 4.78 is 127. The summed E-state index contributed by atoms with van der Waals surface area (Å²) >= 11 is 0. The van der Waals surface area contributed by atoms with Crippen molar-refractivity contribution in [3.8, 4) is 5.75 Å². The van der Waals surface area contributed by atoms with Gasteiger partial charge in [-0.25, -0.2) is 30.7 Å². The fraction of sp³-hybridized carbons (Fsp3) is 0.0833. The lowest BCUT2D eigenvalue weighted by Gasteiger charge is -2.10. The fourth-order valence-electron chi connectivity index (χ4n) is 3.24. The summed E-state index contributed by atoms with van der Waals surface area (Å²) in [5.74, 6) is -19.3. The summed E-state index contributed by atoms with van der Waals surface area (Å²) in [5, 5.41) is 6.16. The van der Waals surface area contributed by atoms with Gasteiger partial charge in [-0.1, -0.05) is 12.1 Å². The molecule has 0 radical (unpaired) electrons. The Kier molecular flexibility index (Phi) is 7.32. The van der Waals surface area contributed by atoms with Crippen molar-refractivity contribution in [1.29, 1.82) is 0 Å². The summed E-state index contributed by atoms with van der Waals surface area (Å²) in [6.45, 7) is -1.33. The van der Waals surface area contributed by atoms with Crippen molar-refractivity contribution in [2.24, 2.45) is 0 Å². The molecule has 1 aromatic heterocycles. The van der Waals surface area contributed by atoms with E-state index in [2.05, 4.69) is 10.4 Å². The maximum Gasteiger partial charge on any atom is 0.256 e. The van der Waals surface area contributed by atoms with Crippen LogP contribution in [0.4, 0.5) is 45.3 Å². The lowest BCUT2D eigenvalue weighted by Crippen LogP contribution is -2.14. The number of anilines is 1. The zero-order chi connectivity index (χ0) is 27.7. The molecule has 1 heterocycles. The third-order valence-corrected chi connectivity index (χ3v) is 5.17. The number of carbonyl (C=O) groups is 1. The standard InChI is InChI=1S/C24H12F9N3O2/c25-13-7-14(26)19(30)23(18(13)29)38-9-10-1-3-11(4-2-10)24(37)34-15-5-6-36(35-15)8-12-16(27)20(31)22(33)21(32)17(12)28/h1-7H,8-9H2,(H,34,35,37). The predicted molar refractivity (Wildman–Crippen MR) is 113 cm³/mol. The molecule has 0 aliphatic heterocycles. The van der Waals surface area contributed by atoms with Crippen LogP contribution in [0.15, 0.2) is 42.6 Å². The zero-order valence-corrected chi connectivity index (χ0v) is 18.6. The maximum atomic E-state index is 13.9. The van der Waals surface area contributed by atoms with Crippen molar-refractivity contribution >= 4 is 11.7 Å². The largest absolute Gasteiger partial charge is 0.483 e. The summed E-state index contributed by atoms with van der Waals surface area (Å²) in [6.07, 6.45) is 1.13. The second-order valence-corrected chi connectivity index (χ2v) is 7.68. The second kappa shape index (κ2) is 10.5. The molecule has 0 fully saturated rings. The summed E-state index contributed by atoms with van der Waals surface area (Å²) in [7, 11) is 0. The van der Waals surface area contributed by atoms with E-state index in [1.807, 2.05) is 0 Å². The number of carbonyl (C=O) groups excluding carboxylic acids is 1. The first-order chi connectivity index (χ1) is 18.0. The van der Waals surface area contributed by atoms with Crippen LogP contribution in [-0.2, 0) is 13.2 Å². The van der Waals surface area contributed by atoms with Gasteiger partial charge < -0.3 is 10.1 Å². The van der Waals surface area contributed by atoms with E-state index in [1.165, 1.54) is 30.3 Å². The number of hydrogen-bond acceptors (Lipinski definition) is 3. The Labute approximate surface area is 207 Å². The highest BCUT2D eigenvalue weighted by atomic mass is 19.2. The number of halogens is 9. The van der Waals surface area contributed by atoms with Crippen LogP contribution in [0.3, 0.4) is 0 Å². The molecular formula is C24H12F9N3O2. The van der Waals surface area contributed by atoms with Crippen LogP contribution in [0.2, 0.25) is 0 Å². The Morgan fingerprint density at radius 2 is 1.32 bits per heavy atom. The van der Waals surface area contributed by atoms with Crippen LogP contribution in [0, 0.1) is 52.4 Å². The molecule has 4 aromatic rings. The predicted octanol–water partition coefficient (Wildman–Crippen LogP) is 6.01. The van der Waals surface area contributed by atoms with E-state index in [0.29, 0.717) is 0 Å². The highest BCUT2D eigenvalue weighted by Crippen LogP contribution is 2.27. The van der Waals surface area contributed by atoms with Crippen molar-refractivity contribution in [3.63, 3.8) is 0 Å². The van der Waals surface area contributed by atoms with Crippen LogP contribution in [0.1, 0.15) is 21.5 Å². The molecule has 5 nitrogen and oxygen atoms in total. The quantitative estimate of drug-likeness (QED) is 0.176. The Morgan fingerprint density at radius 1 is 0.763 bits per heavy atom. The lowest BCUT2D eigenvalue weighted by atomic mass is 10.1. The SMILES string of the molecule is O=C(Nc1ccn(Cc2c(F)c(F)c(F)c(F)c2F)n1)c1ccc(COc2c(F)c(F)cc(F)c2F)cc1. The molecule has 0 aliphatic carbocycles. The first kappa shape index (κ1) is 26.6. The molecule has 0 saturated heterocycles. The van der Waals surface area contributed by atoms with Gasteiger partial charge in [-0.15, -0.1) is 0 Å². The van der Waals surface area contributed by atoms with Crippen molar-refractivity contribution in [3.05, 3.63) is 112 Å². The van der Waals surface area contributed by atoms with Gasteiger partial charge >= 0.3 is 0 Å². The van der Waals surface area contributed by atoms with Gasteiger partial charge in [0.15, 0.2) is 46.5 Å². The van der Waals surface area contributed by atoms with E-state index in [4.69, 9.17) is 4.74 Å². The molecule has 0 spiro atoms. The van der Waals surface area contributed by atoms with Gasteiger partial charge in [0.2, 0.25) is 17.5 Å². The first-order valence-corrected chi connectivity index (χ1v) is 10.4. The Hall–Kier alpha value is -4.49. The second-order valence-electron chi connectivity index (χ2n) is 7.68. The highest BCUT2D eigenvalue weighted by molar-refractivity contribution is 6.03. The lowest BCUT2D eigenvalue weighted by molar-refractivity contribution is 0.102. The Balaban J connectivity index is 1.41. The van der Waals surface area contributed by atoms with E-state index in [1.54, 1.807) is 0 Å². The molecule has 0 aliphatic rings. The topological polar surface area (TPSA) is 56.2 Å². The molecular weight excluding hydrogens is 533 g/mol.